The highest BCUT2D eigenvalue weighted by molar-refractivity contribution is 5.80. The van der Waals surface area contributed by atoms with Gasteiger partial charge in [-0.15, -0.1) is 0 Å². The molecule has 9 nitrogen and oxygen atoms in total. The second-order valence-corrected chi connectivity index (χ2v) is 9.19. The second-order valence-electron chi connectivity index (χ2n) is 9.19. The highest BCUT2D eigenvalue weighted by Crippen LogP contribution is 2.27. The zero-order chi connectivity index (χ0) is 27.6. The first kappa shape index (κ1) is 35.0. The van der Waals surface area contributed by atoms with Crippen LogP contribution in [0.2, 0.25) is 0 Å². The first-order valence-corrected chi connectivity index (χ1v) is 14.0. The predicted octanol–water partition coefficient (Wildman–Crippen LogP) is 3.86. The summed E-state index contributed by atoms with van der Waals surface area (Å²) in [7, 11) is 0. The van der Waals surface area contributed by atoms with Gasteiger partial charge < -0.3 is 29.5 Å². The summed E-state index contributed by atoms with van der Waals surface area (Å²) < 4.78 is 15.0. The molecule has 3 N–H and O–H groups in total. The van der Waals surface area contributed by atoms with Crippen LogP contribution in [0.3, 0.4) is 0 Å². The molecular formula is C28H50O9. The molecule has 216 valence electrons. The van der Waals surface area contributed by atoms with Crippen LogP contribution in [0.5, 0.6) is 0 Å². The van der Waals surface area contributed by atoms with E-state index < -0.39 is 17.9 Å². The number of ether oxygens (including phenoxy) is 3. The van der Waals surface area contributed by atoms with Crippen LogP contribution in [0.15, 0.2) is 12.2 Å². The van der Waals surface area contributed by atoms with Crippen LogP contribution in [-0.2, 0) is 28.6 Å². The standard InChI is InChI=1S/C28H50O9/c1-2-3-4-5-8-11-14-24(15-12-9-6-7-10-13-16-26(32)35-20-17-29)25(28(34)37-22-19-31)23-27(33)36-21-18-30/h12,15,24-25,29-31H,2-11,13-14,16-23H2,1H3. The van der Waals surface area contributed by atoms with Crippen molar-refractivity contribution in [1.82, 2.24) is 0 Å². The number of unbranched alkanes of at least 4 members (excludes halogenated alkanes) is 9. The zero-order valence-electron chi connectivity index (χ0n) is 22.7. The number of hydrogen-bond acceptors (Lipinski definition) is 9. The molecule has 0 aliphatic carbocycles. The van der Waals surface area contributed by atoms with E-state index in [2.05, 4.69) is 6.92 Å². The Bertz CT molecular complexity index is 606. The number of carbonyl (C=O) groups is 3. The van der Waals surface area contributed by atoms with Crippen molar-refractivity contribution in [2.45, 2.75) is 96.8 Å². The molecule has 0 aliphatic rings. The van der Waals surface area contributed by atoms with Crippen molar-refractivity contribution in [3.05, 3.63) is 12.2 Å². The van der Waals surface area contributed by atoms with Gasteiger partial charge in [0.05, 0.1) is 32.2 Å². The van der Waals surface area contributed by atoms with Crippen molar-refractivity contribution in [2.75, 3.05) is 39.6 Å². The van der Waals surface area contributed by atoms with Gasteiger partial charge in [0.15, 0.2) is 0 Å². The molecule has 0 heterocycles. The molecule has 9 heteroatoms. The van der Waals surface area contributed by atoms with Gasteiger partial charge >= 0.3 is 17.9 Å². The van der Waals surface area contributed by atoms with E-state index in [0.29, 0.717) is 6.42 Å². The first-order valence-electron chi connectivity index (χ1n) is 14.0. The van der Waals surface area contributed by atoms with Crippen molar-refractivity contribution in [3.8, 4) is 0 Å². The lowest BCUT2D eigenvalue weighted by Crippen LogP contribution is -2.29. The van der Waals surface area contributed by atoms with E-state index in [1.165, 1.54) is 19.3 Å². The molecule has 0 saturated carbocycles. The van der Waals surface area contributed by atoms with Gasteiger partial charge in [-0.25, -0.2) is 0 Å². The van der Waals surface area contributed by atoms with Gasteiger partial charge in [0.1, 0.15) is 19.8 Å². The largest absolute Gasteiger partial charge is 0.463 e. The molecule has 0 saturated heterocycles. The summed E-state index contributed by atoms with van der Waals surface area (Å²) in [5.41, 5.74) is 0. The third-order valence-corrected chi connectivity index (χ3v) is 6.03. The van der Waals surface area contributed by atoms with Gasteiger partial charge in [0.2, 0.25) is 0 Å². The van der Waals surface area contributed by atoms with E-state index >= 15 is 0 Å². The zero-order valence-corrected chi connectivity index (χ0v) is 22.7. The number of rotatable bonds is 25. The summed E-state index contributed by atoms with van der Waals surface area (Å²) in [5.74, 6) is -2.28. The maximum atomic E-state index is 12.8. The molecule has 0 aromatic rings. The molecular weight excluding hydrogens is 480 g/mol. The molecule has 0 spiro atoms. The lowest BCUT2D eigenvalue weighted by Gasteiger charge is -2.23. The molecule has 0 aromatic heterocycles. The van der Waals surface area contributed by atoms with Crippen LogP contribution in [0.1, 0.15) is 96.8 Å². The van der Waals surface area contributed by atoms with Crippen LogP contribution >= 0.6 is 0 Å². The molecule has 0 bridgehead atoms. The molecule has 0 fully saturated rings. The summed E-state index contributed by atoms with van der Waals surface area (Å²) in [6, 6.07) is 0. The normalized spacial score (nSPS) is 12.9. The minimum absolute atomic E-state index is 0.0389. The Hall–Kier alpha value is -1.97. The smallest absolute Gasteiger partial charge is 0.310 e. The van der Waals surface area contributed by atoms with E-state index in [1.807, 2.05) is 12.2 Å². The Morgan fingerprint density at radius 3 is 1.95 bits per heavy atom. The quantitative estimate of drug-likeness (QED) is 0.0694. The van der Waals surface area contributed by atoms with Crippen molar-refractivity contribution < 1.29 is 43.9 Å². The highest BCUT2D eigenvalue weighted by Gasteiger charge is 2.30. The highest BCUT2D eigenvalue weighted by atomic mass is 16.5. The topological polar surface area (TPSA) is 140 Å². The molecule has 2 unspecified atom stereocenters. The van der Waals surface area contributed by atoms with Gasteiger partial charge in [-0.05, 0) is 31.6 Å². The van der Waals surface area contributed by atoms with Crippen molar-refractivity contribution in [2.24, 2.45) is 11.8 Å². The minimum Gasteiger partial charge on any atom is -0.463 e. The summed E-state index contributed by atoms with van der Waals surface area (Å²) in [4.78, 5) is 36.5. The third-order valence-electron chi connectivity index (χ3n) is 6.03. The number of carbonyl (C=O) groups excluding carboxylic acids is 3. The van der Waals surface area contributed by atoms with Gasteiger partial charge in [-0.2, -0.15) is 0 Å². The van der Waals surface area contributed by atoms with Crippen molar-refractivity contribution in [1.29, 1.82) is 0 Å². The average Bonchev–Trinajstić information content (AvgIpc) is 2.90. The predicted molar refractivity (Wildman–Crippen MR) is 141 cm³/mol. The fourth-order valence-electron chi connectivity index (χ4n) is 4.04. The van der Waals surface area contributed by atoms with Crippen LogP contribution in [0.4, 0.5) is 0 Å². The van der Waals surface area contributed by atoms with Gasteiger partial charge in [0, 0.05) is 6.42 Å². The van der Waals surface area contributed by atoms with Crippen LogP contribution in [0.25, 0.3) is 0 Å². The number of allylic oxidation sites excluding steroid dienone is 2. The van der Waals surface area contributed by atoms with E-state index in [0.717, 1.165) is 57.8 Å². The van der Waals surface area contributed by atoms with Gasteiger partial charge in [-0.3, -0.25) is 14.4 Å². The van der Waals surface area contributed by atoms with E-state index in [1.54, 1.807) is 0 Å². The fourth-order valence-corrected chi connectivity index (χ4v) is 4.04. The van der Waals surface area contributed by atoms with Crippen molar-refractivity contribution in [3.63, 3.8) is 0 Å². The summed E-state index contributed by atoms with van der Waals surface area (Å²) >= 11 is 0. The SMILES string of the molecule is CCCCCCCCC(C=CCCCCCCC(=O)OCCO)C(CC(=O)OCCO)C(=O)OCCO. The monoisotopic (exact) mass is 530 g/mol. The summed E-state index contributed by atoms with van der Waals surface area (Å²) in [5, 5.41) is 26.7. The Labute approximate surface area is 222 Å². The van der Waals surface area contributed by atoms with E-state index in [4.69, 9.17) is 29.5 Å². The van der Waals surface area contributed by atoms with Crippen LogP contribution in [0, 0.1) is 11.8 Å². The molecule has 0 aromatic carbocycles. The van der Waals surface area contributed by atoms with E-state index in [9.17, 15) is 14.4 Å². The minimum atomic E-state index is -0.713. The molecule has 37 heavy (non-hydrogen) atoms. The number of hydrogen-bond donors (Lipinski definition) is 3. The first-order chi connectivity index (χ1) is 18.0. The Morgan fingerprint density at radius 2 is 1.27 bits per heavy atom. The van der Waals surface area contributed by atoms with Gasteiger partial charge in [-0.1, -0.05) is 70.4 Å². The Morgan fingerprint density at radius 1 is 0.703 bits per heavy atom. The molecule has 0 rings (SSSR count). The summed E-state index contributed by atoms with van der Waals surface area (Å²) in [6.45, 7) is 1.24. The maximum Gasteiger partial charge on any atom is 0.310 e. The molecule has 0 amide bonds. The van der Waals surface area contributed by atoms with Crippen LogP contribution in [-0.4, -0.2) is 72.9 Å². The average molecular weight is 531 g/mol. The second kappa shape index (κ2) is 25.7. The van der Waals surface area contributed by atoms with Crippen LogP contribution < -0.4 is 0 Å². The van der Waals surface area contributed by atoms with E-state index in [-0.39, 0.29) is 57.9 Å². The fraction of sp³-hybridized carbons (Fsp3) is 0.821. The molecule has 2 atom stereocenters. The number of esters is 3. The Kier molecular flexibility index (Phi) is 24.3. The number of aliphatic hydroxyl groups is 3. The summed E-state index contributed by atoms with van der Waals surface area (Å²) in [6.07, 6.45) is 16.0. The lowest BCUT2D eigenvalue weighted by atomic mass is 9.84. The lowest BCUT2D eigenvalue weighted by molar-refractivity contribution is -0.157. The molecule has 0 radical (unpaired) electrons. The maximum absolute atomic E-state index is 12.8. The number of aliphatic hydroxyl groups excluding tert-OH is 3. The molecule has 0 aliphatic heterocycles. The Balaban J connectivity index is 4.93. The third kappa shape index (κ3) is 20.7. The van der Waals surface area contributed by atoms with Gasteiger partial charge in [0.25, 0.3) is 0 Å². The van der Waals surface area contributed by atoms with Crippen molar-refractivity contribution >= 4 is 17.9 Å².